The molecule has 3 aromatic rings. The van der Waals surface area contributed by atoms with Crippen molar-refractivity contribution in [3.63, 3.8) is 0 Å². The van der Waals surface area contributed by atoms with Gasteiger partial charge in [0.25, 0.3) is 0 Å². The minimum Gasteiger partial charge on any atom is -0.340 e. The fourth-order valence-electron chi connectivity index (χ4n) is 2.48. The molecule has 2 aromatic heterocycles. The molecule has 18 heavy (non-hydrogen) atoms. The van der Waals surface area contributed by atoms with Gasteiger partial charge in [-0.2, -0.15) is 0 Å². The molecule has 0 aliphatic carbocycles. The van der Waals surface area contributed by atoms with Crippen LogP contribution < -0.4 is 0 Å². The van der Waals surface area contributed by atoms with E-state index in [2.05, 4.69) is 59.8 Å². The summed E-state index contributed by atoms with van der Waals surface area (Å²) in [5.41, 5.74) is 5.31. The van der Waals surface area contributed by atoms with E-state index in [1.165, 1.54) is 27.7 Å². The van der Waals surface area contributed by atoms with Gasteiger partial charge in [-0.3, -0.25) is 4.98 Å². The Morgan fingerprint density at radius 2 is 1.72 bits per heavy atom. The molecule has 0 radical (unpaired) electrons. The quantitative estimate of drug-likeness (QED) is 0.663. The SMILES string of the molecule is Cc1c(C)n(Cc2ccncc2)c2ccccc12. The van der Waals surface area contributed by atoms with Gasteiger partial charge in [-0.1, -0.05) is 18.2 Å². The van der Waals surface area contributed by atoms with E-state index in [9.17, 15) is 0 Å². The lowest BCUT2D eigenvalue weighted by molar-refractivity contribution is 0.799. The van der Waals surface area contributed by atoms with Crippen LogP contribution >= 0.6 is 0 Å². The minimum atomic E-state index is 0.905. The summed E-state index contributed by atoms with van der Waals surface area (Å²) in [4.78, 5) is 4.07. The number of hydrogen-bond donors (Lipinski definition) is 0. The molecule has 0 atom stereocenters. The molecule has 0 saturated heterocycles. The minimum absolute atomic E-state index is 0.905. The first-order chi connectivity index (χ1) is 8.77. The molecule has 1 aromatic carbocycles. The van der Waals surface area contributed by atoms with Gasteiger partial charge < -0.3 is 4.57 Å². The summed E-state index contributed by atoms with van der Waals surface area (Å²) in [6.07, 6.45) is 3.70. The highest BCUT2D eigenvalue weighted by Crippen LogP contribution is 2.25. The van der Waals surface area contributed by atoms with Gasteiger partial charge in [0.05, 0.1) is 0 Å². The Labute approximate surface area is 107 Å². The van der Waals surface area contributed by atoms with Crippen LogP contribution in [0.2, 0.25) is 0 Å². The van der Waals surface area contributed by atoms with Crippen molar-refractivity contribution < 1.29 is 0 Å². The number of para-hydroxylation sites is 1. The number of aryl methyl sites for hydroxylation is 1. The molecule has 0 spiro atoms. The van der Waals surface area contributed by atoms with Crippen molar-refractivity contribution in [1.29, 1.82) is 0 Å². The van der Waals surface area contributed by atoms with E-state index in [4.69, 9.17) is 0 Å². The highest BCUT2D eigenvalue weighted by atomic mass is 15.0. The summed E-state index contributed by atoms with van der Waals surface area (Å²) < 4.78 is 2.38. The molecule has 2 heteroatoms. The van der Waals surface area contributed by atoms with Crippen LogP contribution in [-0.4, -0.2) is 9.55 Å². The maximum absolute atomic E-state index is 4.07. The molecule has 0 bridgehead atoms. The Balaban J connectivity index is 2.15. The second kappa shape index (κ2) is 4.30. The molecule has 3 rings (SSSR count). The van der Waals surface area contributed by atoms with Crippen molar-refractivity contribution in [3.05, 3.63) is 65.6 Å². The van der Waals surface area contributed by atoms with E-state index in [0.717, 1.165) is 6.54 Å². The highest BCUT2D eigenvalue weighted by Gasteiger charge is 2.09. The number of pyridine rings is 1. The van der Waals surface area contributed by atoms with Gasteiger partial charge in [0.1, 0.15) is 0 Å². The predicted molar refractivity (Wildman–Crippen MR) is 74.8 cm³/mol. The zero-order valence-electron chi connectivity index (χ0n) is 10.7. The fraction of sp³-hybridized carbons (Fsp3) is 0.188. The average Bonchev–Trinajstić information content (AvgIpc) is 2.66. The van der Waals surface area contributed by atoms with E-state index < -0.39 is 0 Å². The topological polar surface area (TPSA) is 17.8 Å². The van der Waals surface area contributed by atoms with Gasteiger partial charge >= 0.3 is 0 Å². The number of nitrogens with zero attached hydrogens (tertiary/aromatic N) is 2. The van der Waals surface area contributed by atoms with Crippen molar-refractivity contribution in [2.45, 2.75) is 20.4 Å². The molecular formula is C16H16N2. The van der Waals surface area contributed by atoms with E-state index in [1.54, 1.807) is 0 Å². The molecule has 90 valence electrons. The van der Waals surface area contributed by atoms with Crippen molar-refractivity contribution in [2.75, 3.05) is 0 Å². The van der Waals surface area contributed by atoms with Crippen molar-refractivity contribution >= 4 is 10.9 Å². The van der Waals surface area contributed by atoms with Crippen LogP contribution in [0.5, 0.6) is 0 Å². The first-order valence-electron chi connectivity index (χ1n) is 6.20. The Kier molecular flexibility index (Phi) is 2.63. The summed E-state index contributed by atoms with van der Waals surface area (Å²) in [5.74, 6) is 0. The van der Waals surface area contributed by atoms with Crippen LogP contribution in [0.1, 0.15) is 16.8 Å². The maximum atomic E-state index is 4.07. The van der Waals surface area contributed by atoms with Gasteiger partial charge in [0.2, 0.25) is 0 Å². The molecule has 0 unspecified atom stereocenters. The number of fused-ring (bicyclic) bond motifs is 1. The van der Waals surface area contributed by atoms with Crippen LogP contribution in [0.15, 0.2) is 48.8 Å². The van der Waals surface area contributed by atoms with Gasteiger partial charge in [0, 0.05) is 35.5 Å². The third kappa shape index (κ3) is 1.70. The third-order valence-electron chi connectivity index (χ3n) is 3.64. The molecule has 0 aliphatic heterocycles. The lowest BCUT2D eigenvalue weighted by Crippen LogP contribution is -2.01. The van der Waals surface area contributed by atoms with Gasteiger partial charge in [0.15, 0.2) is 0 Å². The highest BCUT2D eigenvalue weighted by molar-refractivity contribution is 5.85. The maximum Gasteiger partial charge on any atom is 0.0488 e. The average molecular weight is 236 g/mol. The number of benzene rings is 1. The molecular weight excluding hydrogens is 220 g/mol. The summed E-state index contributed by atoms with van der Waals surface area (Å²) >= 11 is 0. The van der Waals surface area contributed by atoms with Crippen molar-refractivity contribution in [1.82, 2.24) is 9.55 Å². The second-order valence-electron chi connectivity index (χ2n) is 4.67. The summed E-state index contributed by atoms with van der Waals surface area (Å²) in [7, 11) is 0. The third-order valence-corrected chi connectivity index (χ3v) is 3.64. The van der Waals surface area contributed by atoms with Crippen LogP contribution in [0.3, 0.4) is 0 Å². The summed E-state index contributed by atoms with van der Waals surface area (Å²) in [6, 6.07) is 12.7. The normalized spacial score (nSPS) is 11.0. The standard InChI is InChI=1S/C16H16N2/c1-12-13(2)18(11-14-7-9-17-10-8-14)16-6-4-3-5-15(12)16/h3-10H,11H2,1-2H3. The molecule has 0 N–H and O–H groups in total. The smallest absolute Gasteiger partial charge is 0.0488 e. The molecule has 0 amide bonds. The zero-order chi connectivity index (χ0) is 12.5. The number of aromatic nitrogens is 2. The lowest BCUT2D eigenvalue weighted by atomic mass is 10.2. The molecule has 0 fully saturated rings. The summed E-state index contributed by atoms with van der Waals surface area (Å²) in [5, 5.41) is 1.35. The van der Waals surface area contributed by atoms with Gasteiger partial charge in [-0.05, 0) is 43.2 Å². The fourth-order valence-corrected chi connectivity index (χ4v) is 2.48. The van der Waals surface area contributed by atoms with Crippen LogP contribution in [-0.2, 0) is 6.54 Å². The number of hydrogen-bond acceptors (Lipinski definition) is 1. The first kappa shape index (κ1) is 11.0. The Hall–Kier alpha value is -2.09. The first-order valence-corrected chi connectivity index (χ1v) is 6.20. The monoisotopic (exact) mass is 236 g/mol. The van der Waals surface area contributed by atoms with Crippen molar-refractivity contribution in [3.8, 4) is 0 Å². The van der Waals surface area contributed by atoms with E-state index in [-0.39, 0.29) is 0 Å². The van der Waals surface area contributed by atoms with Crippen molar-refractivity contribution in [2.24, 2.45) is 0 Å². The van der Waals surface area contributed by atoms with E-state index in [0.29, 0.717) is 0 Å². The van der Waals surface area contributed by atoms with E-state index in [1.807, 2.05) is 12.4 Å². The number of rotatable bonds is 2. The van der Waals surface area contributed by atoms with E-state index >= 15 is 0 Å². The second-order valence-corrected chi connectivity index (χ2v) is 4.67. The molecule has 0 aliphatic rings. The van der Waals surface area contributed by atoms with Crippen LogP contribution in [0, 0.1) is 13.8 Å². The lowest BCUT2D eigenvalue weighted by Gasteiger charge is -2.08. The Morgan fingerprint density at radius 3 is 2.50 bits per heavy atom. The molecule has 2 heterocycles. The zero-order valence-corrected chi connectivity index (χ0v) is 10.7. The Bertz CT molecular complexity index is 681. The van der Waals surface area contributed by atoms with Gasteiger partial charge in [-0.25, -0.2) is 0 Å². The molecule has 2 nitrogen and oxygen atoms in total. The summed E-state index contributed by atoms with van der Waals surface area (Å²) in [6.45, 7) is 5.29. The predicted octanol–water partition coefficient (Wildman–Crippen LogP) is 3.70. The molecule has 0 saturated carbocycles. The van der Waals surface area contributed by atoms with Gasteiger partial charge in [-0.15, -0.1) is 0 Å². The van der Waals surface area contributed by atoms with Crippen LogP contribution in [0.4, 0.5) is 0 Å². The largest absolute Gasteiger partial charge is 0.340 e. The van der Waals surface area contributed by atoms with Crippen LogP contribution in [0.25, 0.3) is 10.9 Å². The Morgan fingerprint density at radius 1 is 1.00 bits per heavy atom.